The molecular formula is C19H16ClF2NO3. The zero-order chi connectivity index (χ0) is 18.7. The molecule has 4 nitrogen and oxygen atoms in total. The van der Waals surface area contributed by atoms with Gasteiger partial charge in [0.05, 0.1) is 16.6 Å². The standard InChI is InChI=1S/C19H16ClF2NO3/c20-14-9-16(22)15(21)8-13(14)19(25)26-10-18(24)23-17-7-3-5-11-4-1-2-6-12(11)17/h1-2,4,6,8-9,17H,3,5,7,10H2,(H,23,24)/t17-/m0/s1. The molecule has 0 spiro atoms. The van der Waals surface area contributed by atoms with Gasteiger partial charge in [-0.15, -0.1) is 0 Å². The average Bonchev–Trinajstić information content (AvgIpc) is 2.63. The molecule has 3 rings (SSSR count). The van der Waals surface area contributed by atoms with Gasteiger partial charge < -0.3 is 10.1 Å². The van der Waals surface area contributed by atoms with Crippen molar-refractivity contribution < 1.29 is 23.1 Å². The number of amides is 1. The van der Waals surface area contributed by atoms with E-state index in [9.17, 15) is 18.4 Å². The Kier molecular flexibility index (Phi) is 5.52. The Bertz CT molecular complexity index is 857. The van der Waals surface area contributed by atoms with Gasteiger partial charge >= 0.3 is 5.97 Å². The van der Waals surface area contributed by atoms with Gasteiger partial charge in [-0.05, 0) is 42.5 Å². The number of benzene rings is 2. The molecule has 0 radical (unpaired) electrons. The van der Waals surface area contributed by atoms with E-state index in [0.29, 0.717) is 12.1 Å². The van der Waals surface area contributed by atoms with Crippen LogP contribution in [0, 0.1) is 11.6 Å². The number of esters is 1. The van der Waals surface area contributed by atoms with E-state index in [4.69, 9.17) is 16.3 Å². The van der Waals surface area contributed by atoms with Crippen molar-refractivity contribution in [2.75, 3.05) is 6.61 Å². The molecule has 1 amide bonds. The summed E-state index contributed by atoms with van der Waals surface area (Å²) < 4.78 is 31.2. The van der Waals surface area contributed by atoms with Crippen LogP contribution in [0.15, 0.2) is 36.4 Å². The predicted molar refractivity (Wildman–Crippen MR) is 91.9 cm³/mol. The Labute approximate surface area is 154 Å². The third kappa shape index (κ3) is 4.02. The van der Waals surface area contributed by atoms with E-state index in [1.54, 1.807) is 0 Å². The summed E-state index contributed by atoms with van der Waals surface area (Å²) >= 11 is 5.72. The summed E-state index contributed by atoms with van der Waals surface area (Å²) in [5.41, 5.74) is 1.91. The van der Waals surface area contributed by atoms with Crippen molar-refractivity contribution in [3.63, 3.8) is 0 Å². The Morgan fingerprint density at radius 3 is 2.73 bits per heavy atom. The zero-order valence-electron chi connectivity index (χ0n) is 13.7. The summed E-state index contributed by atoms with van der Waals surface area (Å²) in [4.78, 5) is 24.1. The van der Waals surface area contributed by atoms with Gasteiger partial charge in [0.1, 0.15) is 0 Å². The molecule has 26 heavy (non-hydrogen) atoms. The number of ether oxygens (including phenoxy) is 1. The fourth-order valence-corrected chi connectivity index (χ4v) is 3.26. The molecule has 0 aliphatic heterocycles. The maximum atomic E-state index is 13.2. The Balaban J connectivity index is 1.60. The van der Waals surface area contributed by atoms with Crippen LogP contribution in [0.3, 0.4) is 0 Å². The number of carbonyl (C=O) groups excluding carboxylic acids is 2. The van der Waals surface area contributed by atoms with E-state index in [1.807, 2.05) is 24.3 Å². The second-order valence-electron chi connectivity index (χ2n) is 6.03. The van der Waals surface area contributed by atoms with Crippen molar-refractivity contribution in [2.24, 2.45) is 0 Å². The number of aryl methyl sites for hydroxylation is 1. The van der Waals surface area contributed by atoms with Crippen LogP contribution in [0.5, 0.6) is 0 Å². The van der Waals surface area contributed by atoms with Gasteiger partial charge in [-0.1, -0.05) is 35.9 Å². The third-order valence-electron chi connectivity index (χ3n) is 4.27. The van der Waals surface area contributed by atoms with E-state index < -0.39 is 30.1 Å². The first kappa shape index (κ1) is 18.3. The van der Waals surface area contributed by atoms with Gasteiger partial charge in [0.25, 0.3) is 5.91 Å². The number of fused-ring (bicyclic) bond motifs is 1. The molecule has 2 aromatic carbocycles. The predicted octanol–water partition coefficient (Wildman–Crippen LogP) is 3.97. The number of rotatable bonds is 4. The molecule has 1 aliphatic carbocycles. The molecule has 1 atom stereocenters. The molecule has 0 unspecified atom stereocenters. The highest BCUT2D eigenvalue weighted by Crippen LogP contribution is 2.29. The Hall–Kier alpha value is -2.47. The van der Waals surface area contributed by atoms with Crippen LogP contribution in [-0.4, -0.2) is 18.5 Å². The van der Waals surface area contributed by atoms with Crippen molar-refractivity contribution in [1.82, 2.24) is 5.32 Å². The highest BCUT2D eigenvalue weighted by molar-refractivity contribution is 6.33. The van der Waals surface area contributed by atoms with Crippen molar-refractivity contribution in [1.29, 1.82) is 0 Å². The van der Waals surface area contributed by atoms with Gasteiger partial charge in [-0.3, -0.25) is 4.79 Å². The second-order valence-corrected chi connectivity index (χ2v) is 6.44. The van der Waals surface area contributed by atoms with E-state index >= 15 is 0 Å². The van der Waals surface area contributed by atoms with Crippen LogP contribution < -0.4 is 5.32 Å². The maximum Gasteiger partial charge on any atom is 0.340 e. The van der Waals surface area contributed by atoms with Gasteiger partial charge in [-0.25, -0.2) is 13.6 Å². The minimum atomic E-state index is -1.22. The fraction of sp³-hybridized carbons (Fsp3) is 0.263. The van der Waals surface area contributed by atoms with Gasteiger partial charge in [0.15, 0.2) is 18.2 Å². The molecule has 0 fully saturated rings. The van der Waals surface area contributed by atoms with Crippen molar-refractivity contribution in [2.45, 2.75) is 25.3 Å². The van der Waals surface area contributed by atoms with Gasteiger partial charge in [-0.2, -0.15) is 0 Å². The first-order valence-corrected chi connectivity index (χ1v) is 8.52. The molecule has 2 aromatic rings. The highest BCUT2D eigenvalue weighted by Gasteiger charge is 2.22. The molecule has 1 aliphatic rings. The second kappa shape index (κ2) is 7.83. The SMILES string of the molecule is O=C(COC(=O)c1cc(F)c(F)cc1Cl)N[C@H]1CCCc2ccccc21. The minimum absolute atomic E-state index is 0.141. The molecule has 0 saturated carbocycles. The number of carbonyl (C=O) groups is 2. The van der Waals surface area contributed by atoms with Crippen LogP contribution >= 0.6 is 11.6 Å². The minimum Gasteiger partial charge on any atom is -0.452 e. The van der Waals surface area contributed by atoms with E-state index in [2.05, 4.69) is 5.32 Å². The summed E-state index contributed by atoms with van der Waals surface area (Å²) in [6.45, 7) is -0.535. The molecule has 1 N–H and O–H groups in total. The summed E-state index contributed by atoms with van der Waals surface area (Å²) in [5, 5.41) is 2.55. The largest absolute Gasteiger partial charge is 0.452 e. The lowest BCUT2D eigenvalue weighted by atomic mass is 9.88. The molecule has 7 heteroatoms. The van der Waals surface area contributed by atoms with Crippen molar-refractivity contribution in [3.05, 3.63) is 69.7 Å². The van der Waals surface area contributed by atoms with E-state index in [-0.39, 0.29) is 16.6 Å². The van der Waals surface area contributed by atoms with Crippen LogP contribution in [0.1, 0.15) is 40.4 Å². The summed E-state index contributed by atoms with van der Waals surface area (Å²) in [7, 11) is 0. The van der Waals surface area contributed by atoms with Crippen LogP contribution in [0.25, 0.3) is 0 Å². The molecule has 0 bridgehead atoms. The molecular weight excluding hydrogens is 364 g/mol. The first-order chi connectivity index (χ1) is 12.5. The maximum absolute atomic E-state index is 13.2. The quantitative estimate of drug-likeness (QED) is 0.646. The van der Waals surface area contributed by atoms with Crippen LogP contribution in [0.4, 0.5) is 8.78 Å². The summed E-state index contributed by atoms with van der Waals surface area (Å²) in [6.07, 6.45) is 2.71. The molecule has 0 saturated heterocycles. The average molecular weight is 380 g/mol. The lowest BCUT2D eigenvalue weighted by Crippen LogP contribution is -2.34. The third-order valence-corrected chi connectivity index (χ3v) is 4.58. The van der Waals surface area contributed by atoms with Crippen molar-refractivity contribution in [3.8, 4) is 0 Å². The lowest BCUT2D eigenvalue weighted by Gasteiger charge is -2.26. The number of halogens is 3. The highest BCUT2D eigenvalue weighted by atomic mass is 35.5. The summed E-state index contributed by atoms with van der Waals surface area (Å²) in [5.74, 6) is -3.85. The smallest absolute Gasteiger partial charge is 0.340 e. The summed E-state index contributed by atoms with van der Waals surface area (Å²) in [6, 6.07) is 9.05. The van der Waals surface area contributed by atoms with Crippen LogP contribution in [-0.2, 0) is 16.0 Å². The first-order valence-electron chi connectivity index (χ1n) is 8.14. The molecule has 0 heterocycles. The van der Waals surface area contributed by atoms with Crippen LogP contribution in [0.2, 0.25) is 5.02 Å². The Morgan fingerprint density at radius 1 is 1.19 bits per heavy atom. The number of hydrogen-bond donors (Lipinski definition) is 1. The Morgan fingerprint density at radius 2 is 1.92 bits per heavy atom. The molecule has 136 valence electrons. The van der Waals surface area contributed by atoms with E-state index in [1.165, 1.54) is 5.56 Å². The molecule has 0 aromatic heterocycles. The normalized spacial score (nSPS) is 15.9. The number of hydrogen-bond acceptors (Lipinski definition) is 3. The monoisotopic (exact) mass is 379 g/mol. The number of nitrogens with one attached hydrogen (secondary N) is 1. The van der Waals surface area contributed by atoms with Crippen molar-refractivity contribution >= 4 is 23.5 Å². The zero-order valence-corrected chi connectivity index (χ0v) is 14.5. The lowest BCUT2D eigenvalue weighted by molar-refractivity contribution is -0.125. The van der Waals surface area contributed by atoms with Gasteiger partial charge in [0.2, 0.25) is 0 Å². The fourth-order valence-electron chi connectivity index (χ4n) is 3.03. The van der Waals surface area contributed by atoms with Gasteiger partial charge in [0, 0.05) is 0 Å². The topological polar surface area (TPSA) is 55.4 Å². The van der Waals surface area contributed by atoms with E-state index in [0.717, 1.165) is 24.8 Å².